The van der Waals surface area contributed by atoms with Crippen molar-refractivity contribution < 1.29 is 27.2 Å². The monoisotopic (exact) mass is 400 g/mol. The Balaban J connectivity index is 1.93. The second-order valence-corrected chi connectivity index (χ2v) is 5.77. The van der Waals surface area contributed by atoms with Gasteiger partial charge in [-0.2, -0.15) is 13.2 Å². The molecule has 0 radical (unpaired) electrons. The average Bonchev–Trinajstić information content (AvgIpc) is 3.05. The van der Waals surface area contributed by atoms with Crippen LogP contribution in [0.5, 0.6) is 0 Å². The van der Waals surface area contributed by atoms with Crippen LogP contribution in [0.4, 0.5) is 18.9 Å². The Labute approximate surface area is 141 Å². The van der Waals surface area contributed by atoms with Crippen molar-refractivity contribution in [2.24, 2.45) is 0 Å². The first-order valence-electron chi connectivity index (χ1n) is 6.54. The number of alkyl halides is 3. The van der Waals surface area contributed by atoms with Crippen molar-refractivity contribution in [3.05, 3.63) is 58.0 Å². The van der Waals surface area contributed by atoms with Crippen LogP contribution in [-0.2, 0) is 15.8 Å². The molecule has 9 heteroatoms. The standard InChI is InChI=1S/C15H8BrF3N2O3/c16-9-5-11(24-7-9)6-12-13(22)20-21(14(12)23)10-3-1-2-8(4-10)15(17,18)19/h1-7H,(H,20,22). The third-order valence-electron chi connectivity index (χ3n) is 3.20. The molecule has 24 heavy (non-hydrogen) atoms. The molecule has 2 amide bonds. The van der Waals surface area contributed by atoms with E-state index < -0.39 is 23.6 Å². The number of benzene rings is 1. The molecule has 1 N–H and O–H groups in total. The Bertz CT molecular complexity index is 858. The van der Waals surface area contributed by atoms with Gasteiger partial charge in [-0.05, 0) is 46.3 Å². The highest BCUT2D eigenvalue weighted by Gasteiger charge is 2.36. The zero-order valence-corrected chi connectivity index (χ0v) is 13.3. The van der Waals surface area contributed by atoms with E-state index in [1.54, 1.807) is 6.07 Å². The van der Waals surface area contributed by atoms with E-state index in [1.807, 2.05) is 0 Å². The van der Waals surface area contributed by atoms with Gasteiger partial charge in [-0.15, -0.1) is 0 Å². The van der Waals surface area contributed by atoms with Crippen molar-refractivity contribution >= 4 is 39.5 Å². The second kappa shape index (κ2) is 5.82. The highest BCUT2D eigenvalue weighted by Crippen LogP contribution is 2.32. The number of hydrogen-bond donors (Lipinski definition) is 1. The number of amides is 2. The average molecular weight is 401 g/mol. The number of carbonyl (C=O) groups excluding carboxylic acids is 2. The zero-order chi connectivity index (χ0) is 17.5. The molecular formula is C15H8BrF3N2O3. The molecule has 0 atom stereocenters. The van der Waals surface area contributed by atoms with Gasteiger partial charge < -0.3 is 4.42 Å². The lowest BCUT2D eigenvalue weighted by Crippen LogP contribution is -2.35. The molecule has 1 aliphatic heterocycles. The minimum absolute atomic E-state index is 0.0906. The first-order valence-corrected chi connectivity index (χ1v) is 7.33. The summed E-state index contributed by atoms with van der Waals surface area (Å²) in [5.41, 5.74) is 0.978. The lowest BCUT2D eigenvalue weighted by atomic mass is 10.1. The van der Waals surface area contributed by atoms with E-state index in [0.717, 1.165) is 23.2 Å². The minimum atomic E-state index is -4.55. The summed E-state index contributed by atoms with van der Waals surface area (Å²) in [6, 6.07) is 5.65. The molecule has 0 saturated carbocycles. The van der Waals surface area contributed by atoms with Crippen molar-refractivity contribution in [1.29, 1.82) is 0 Å². The first kappa shape index (κ1) is 16.3. The maximum absolute atomic E-state index is 12.8. The maximum Gasteiger partial charge on any atom is 0.416 e. The summed E-state index contributed by atoms with van der Waals surface area (Å²) in [4.78, 5) is 24.3. The van der Waals surface area contributed by atoms with Gasteiger partial charge >= 0.3 is 6.18 Å². The molecule has 3 rings (SSSR count). The van der Waals surface area contributed by atoms with Gasteiger partial charge in [0.05, 0.1) is 15.7 Å². The van der Waals surface area contributed by atoms with E-state index >= 15 is 0 Å². The number of nitrogens with zero attached hydrogens (tertiary/aromatic N) is 1. The Morgan fingerprint density at radius 2 is 1.96 bits per heavy atom. The van der Waals surface area contributed by atoms with Crippen molar-refractivity contribution in [1.82, 2.24) is 5.43 Å². The van der Waals surface area contributed by atoms with E-state index in [0.29, 0.717) is 4.47 Å². The summed E-state index contributed by atoms with van der Waals surface area (Å²) in [6.45, 7) is 0. The second-order valence-electron chi connectivity index (χ2n) is 4.85. The van der Waals surface area contributed by atoms with E-state index in [9.17, 15) is 22.8 Å². The summed E-state index contributed by atoms with van der Waals surface area (Å²) < 4.78 is 44.1. The number of nitrogens with one attached hydrogen (secondary N) is 1. The van der Waals surface area contributed by atoms with Crippen LogP contribution in [0.25, 0.3) is 6.08 Å². The summed E-state index contributed by atoms with van der Waals surface area (Å²) >= 11 is 3.16. The van der Waals surface area contributed by atoms with Crippen LogP contribution in [0.1, 0.15) is 11.3 Å². The van der Waals surface area contributed by atoms with Gasteiger partial charge in [0.1, 0.15) is 17.6 Å². The molecule has 1 aromatic heterocycles. The topological polar surface area (TPSA) is 62.6 Å². The lowest BCUT2D eigenvalue weighted by Gasteiger charge is -2.16. The first-order chi connectivity index (χ1) is 11.3. The minimum Gasteiger partial charge on any atom is -0.464 e. The SMILES string of the molecule is O=C1NN(c2cccc(C(F)(F)F)c2)C(=O)C1=Cc1cc(Br)co1. The molecule has 1 fully saturated rings. The number of rotatable bonds is 2. The van der Waals surface area contributed by atoms with Crippen LogP contribution in [-0.4, -0.2) is 11.8 Å². The fourth-order valence-corrected chi connectivity index (χ4v) is 2.43. The fraction of sp³-hybridized carbons (Fsp3) is 0.0667. The summed E-state index contributed by atoms with van der Waals surface area (Å²) in [5.74, 6) is -1.25. The Morgan fingerprint density at radius 3 is 2.58 bits per heavy atom. The van der Waals surface area contributed by atoms with Gasteiger partial charge in [0.15, 0.2) is 0 Å². The number of hydrazine groups is 1. The van der Waals surface area contributed by atoms with Crippen LogP contribution >= 0.6 is 15.9 Å². The van der Waals surface area contributed by atoms with Crippen molar-refractivity contribution in [2.45, 2.75) is 6.18 Å². The third kappa shape index (κ3) is 3.07. The number of anilines is 1. The van der Waals surface area contributed by atoms with Crippen LogP contribution in [0.3, 0.4) is 0 Å². The summed E-state index contributed by atoms with van der Waals surface area (Å²) in [5, 5.41) is 0.765. The number of furan rings is 1. The van der Waals surface area contributed by atoms with Gasteiger partial charge in [0.2, 0.25) is 0 Å². The molecule has 124 valence electrons. The van der Waals surface area contributed by atoms with Gasteiger partial charge in [-0.3, -0.25) is 15.0 Å². The molecule has 1 aromatic carbocycles. The Kier molecular flexibility index (Phi) is 3.96. The Hall–Kier alpha value is -2.55. The van der Waals surface area contributed by atoms with Crippen molar-refractivity contribution in [3.8, 4) is 0 Å². The van der Waals surface area contributed by atoms with Crippen LogP contribution in [0, 0.1) is 0 Å². The fourth-order valence-electron chi connectivity index (χ4n) is 2.11. The van der Waals surface area contributed by atoms with Gasteiger partial charge in [-0.1, -0.05) is 6.07 Å². The molecule has 2 aromatic rings. The molecule has 1 aliphatic rings. The highest BCUT2D eigenvalue weighted by atomic mass is 79.9. The molecule has 5 nitrogen and oxygen atoms in total. The smallest absolute Gasteiger partial charge is 0.416 e. The molecular weight excluding hydrogens is 393 g/mol. The normalized spacial score (nSPS) is 16.8. The predicted molar refractivity (Wildman–Crippen MR) is 81.5 cm³/mol. The van der Waals surface area contributed by atoms with E-state index in [-0.39, 0.29) is 17.0 Å². The Morgan fingerprint density at radius 1 is 1.21 bits per heavy atom. The number of halogens is 4. The molecule has 2 heterocycles. The summed E-state index contributed by atoms with van der Waals surface area (Å²) in [6.07, 6.45) is -1.97. The van der Waals surface area contributed by atoms with Crippen LogP contribution in [0.2, 0.25) is 0 Å². The maximum atomic E-state index is 12.8. The van der Waals surface area contributed by atoms with E-state index in [1.165, 1.54) is 18.4 Å². The van der Waals surface area contributed by atoms with Gasteiger partial charge in [-0.25, -0.2) is 5.01 Å². The van der Waals surface area contributed by atoms with Crippen molar-refractivity contribution in [2.75, 3.05) is 5.01 Å². The van der Waals surface area contributed by atoms with E-state index in [2.05, 4.69) is 21.4 Å². The van der Waals surface area contributed by atoms with Crippen LogP contribution in [0.15, 0.2) is 51.1 Å². The number of carbonyl (C=O) groups is 2. The predicted octanol–water partition coefficient (Wildman–Crippen LogP) is 3.52. The lowest BCUT2D eigenvalue weighted by molar-refractivity contribution is -0.137. The highest BCUT2D eigenvalue weighted by molar-refractivity contribution is 9.10. The zero-order valence-electron chi connectivity index (χ0n) is 11.7. The summed E-state index contributed by atoms with van der Waals surface area (Å²) in [7, 11) is 0. The number of hydrogen-bond acceptors (Lipinski definition) is 3. The van der Waals surface area contributed by atoms with Crippen molar-refractivity contribution in [3.63, 3.8) is 0 Å². The van der Waals surface area contributed by atoms with Gasteiger partial charge in [0.25, 0.3) is 11.8 Å². The van der Waals surface area contributed by atoms with E-state index in [4.69, 9.17) is 4.42 Å². The molecule has 1 saturated heterocycles. The van der Waals surface area contributed by atoms with Gasteiger partial charge in [0, 0.05) is 0 Å². The third-order valence-corrected chi connectivity index (χ3v) is 3.61. The quantitative estimate of drug-likeness (QED) is 0.619. The molecule has 0 spiro atoms. The molecule has 0 bridgehead atoms. The largest absolute Gasteiger partial charge is 0.464 e. The van der Waals surface area contributed by atoms with Crippen LogP contribution < -0.4 is 10.4 Å². The molecule has 0 aliphatic carbocycles. The molecule has 0 unspecified atom stereocenters.